The van der Waals surface area contributed by atoms with Crippen molar-refractivity contribution in [1.29, 1.82) is 0 Å². The molecule has 30 heavy (non-hydrogen) atoms. The Bertz CT molecular complexity index is 1090. The van der Waals surface area contributed by atoms with Crippen LogP contribution in [0.15, 0.2) is 46.9 Å². The van der Waals surface area contributed by atoms with Gasteiger partial charge in [-0.05, 0) is 44.0 Å². The Balaban J connectivity index is 1.34. The van der Waals surface area contributed by atoms with E-state index in [0.717, 1.165) is 33.3 Å². The largest absolute Gasteiger partial charge is 0.451 e. The number of para-hydroxylation sites is 1. The zero-order chi connectivity index (χ0) is 21.3. The Kier molecular flexibility index (Phi) is 5.59. The first-order valence-electron chi connectivity index (χ1n) is 10.3. The Hall–Kier alpha value is -3.12. The number of hydrogen-bond acceptors (Lipinski definition) is 4. The number of rotatable bonds is 4. The van der Waals surface area contributed by atoms with Gasteiger partial charge in [-0.2, -0.15) is 0 Å². The number of anilines is 1. The third-order valence-electron chi connectivity index (χ3n) is 5.94. The number of nitrogens with one attached hydrogen (secondary N) is 1. The summed E-state index contributed by atoms with van der Waals surface area (Å²) < 4.78 is 5.82. The first-order chi connectivity index (χ1) is 14.4. The monoisotopic (exact) mass is 405 g/mol. The lowest BCUT2D eigenvalue weighted by atomic mass is 10.1. The predicted molar refractivity (Wildman–Crippen MR) is 118 cm³/mol. The fourth-order valence-electron chi connectivity index (χ4n) is 3.91. The second-order valence-corrected chi connectivity index (χ2v) is 7.92. The third-order valence-corrected chi connectivity index (χ3v) is 5.94. The normalized spacial score (nSPS) is 14.8. The quantitative estimate of drug-likeness (QED) is 0.718. The molecule has 2 aromatic carbocycles. The molecule has 2 amide bonds. The summed E-state index contributed by atoms with van der Waals surface area (Å²) in [6, 6.07) is 13.6. The van der Waals surface area contributed by atoms with Crippen LogP contribution in [-0.2, 0) is 4.79 Å². The van der Waals surface area contributed by atoms with Gasteiger partial charge in [0.05, 0.1) is 6.54 Å². The van der Waals surface area contributed by atoms with Crippen LogP contribution in [0.3, 0.4) is 0 Å². The van der Waals surface area contributed by atoms with Crippen molar-refractivity contribution in [2.24, 2.45) is 0 Å². The van der Waals surface area contributed by atoms with E-state index in [4.69, 9.17) is 4.42 Å². The Morgan fingerprint density at radius 1 is 0.933 bits per heavy atom. The molecule has 1 saturated heterocycles. The first-order valence-corrected chi connectivity index (χ1v) is 10.3. The van der Waals surface area contributed by atoms with Crippen molar-refractivity contribution < 1.29 is 14.0 Å². The summed E-state index contributed by atoms with van der Waals surface area (Å²) in [6.07, 6.45) is 0. The minimum absolute atomic E-state index is 0.0309. The number of nitrogens with zero attached hydrogens (tertiary/aromatic N) is 2. The molecule has 0 unspecified atom stereocenters. The lowest BCUT2D eigenvalue weighted by Crippen LogP contribution is -2.50. The molecule has 1 aliphatic heterocycles. The van der Waals surface area contributed by atoms with Crippen molar-refractivity contribution in [1.82, 2.24) is 9.80 Å². The Labute approximate surface area is 176 Å². The molecule has 0 atom stereocenters. The van der Waals surface area contributed by atoms with Crippen LogP contribution in [0.5, 0.6) is 0 Å². The molecule has 4 rings (SSSR count). The van der Waals surface area contributed by atoms with E-state index in [9.17, 15) is 9.59 Å². The lowest BCUT2D eigenvalue weighted by Gasteiger charge is -2.34. The van der Waals surface area contributed by atoms with Crippen molar-refractivity contribution in [3.8, 4) is 0 Å². The van der Waals surface area contributed by atoms with Gasteiger partial charge in [0.2, 0.25) is 5.91 Å². The maximum atomic E-state index is 13.0. The summed E-state index contributed by atoms with van der Waals surface area (Å²) >= 11 is 0. The number of piperazine rings is 1. The molecule has 0 radical (unpaired) electrons. The van der Waals surface area contributed by atoms with E-state index in [1.54, 1.807) is 0 Å². The number of furan rings is 1. The number of benzene rings is 2. The van der Waals surface area contributed by atoms with Crippen LogP contribution >= 0.6 is 0 Å². The number of fused-ring (bicyclic) bond motifs is 1. The van der Waals surface area contributed by atoms with Gasteiger partial charge in [0, 0.05) is 42.8 Å². The van der Waals surface area contributed by atoms with Gasteiger partial charge in [-0.15, -0.1) is 0 Å². The van der Waals surface area contributed by atoms with Crippen LogP contribution < -0.4 is 5.32 Å². The maximum absolute atomic E-state index is 13.0. The molecule has 1 aliphatic rings. The molecule has 1 aromatic heterocycles. The molecule has 0 bridgehead atoms. The molecule has 3 aromatic rings. The predicted octanol–water partition coefficient (Wildman–Crippen LogP) is 3.75. The van der Waals surface area contributed by atoms with Gasteiger partial charge in [-0.25, -0.2) is 0 Å². The lowest BCUT2D eigenvalue weighted by molar-refractivity contribution is -0.117. The summed E-state index contributed by atoms with van der Waals surface area (Å²) in [5, 5.41) is 3.98. The Morgan fingerprint density at radius 3 is 2.40 bits per heavy atom. The van der Waals surface area contributed by atoms with Crippen molar-refractivity contribution >= 4 is 28.5 Å². The van der Waals surface area contributed by atoms with Gasteiger partial charge in [-0.3, -0.25) is 14.5 Å². The van der Waals surface area contributed by atoms with Crippen molar-refractivity contribution in [2.75, 3.05) is 38.0 Å². The van der Waals surface area contributed by atoms with E-state index in [-0.39, 0.29) is 11.8 Å². The zero-order valence-corrected chi connectivity index (χ0v) is 17.7. The molecule has 1 fully saturated rings. The third kappa shape index (κ3) is 3.96. The highest BCUT2D eigenvalue weighted by molar-refractivity contribution is 5.99. The van der Waals surface area contributed by atoms with Crippen LogP contribution in [0.2, 0.25) is 0 Å². The summed E-state index contributed by atoms with van der Waals surface area (Å²) in [5.74, 6) is 0.303. The topological polar surface area (TPSA) is 65.8 Å². The number of carbonyl (C=O) groups is 2. The fraction of sp³-hybridized carbons (Fsp3) is 0.333. The smallest absolute Gasteiger partial charge is 0.289 e. The number of hydrogen-bond donors (Lipinski definition) is 1. The Morgan fingerprint density at radius 2 is 1.67 bits per heavy atom. The van der Waals surface area contributed by atoms with Crippen LogP contribution in [-0.4, -0.2) is 54.3 Å². The van der Waals surface area contributed by atoms with E-state index in [1.165, 1.54) is 0 Å². The minimum Gasteiger partial charge on any atom is -0.451 e. The zero-order valence-electron chi connectivity index (χ0n) is 17.7. The van der Waals surface area contributed by atoms with Crippen molar-refractivity contribution in [3.63, 3.8) is 0 Å². The van der Waals surface area contributed by atoms with Gasteiger partial charge in [0.15, 0.2) is 5.76 Å². The van der Waals surface area contributed by atoms with Gasteiger partial charge >= 0.3 is 0 Å². The second-order valence-electron chi connectivity index (χ2n) is 7.92. The number of carbonyl (C=O) groups excluding carboxylic acids is 2. The molecule has 156 valence electrons. The fourth-order valence-corrected chi connectivity index (χ4v) is 3.91. The summed E-state index contributed by atoms with van der Waals surface area (Å²) in [7, 11) is 0. The summed E-state index contributed by atoms with van der Waals surface area (Å²) in [4.78, 5) is 29.3. The van der Waals surface area contributed by atoms with Gasteiger partial charge in [-0.1, -0.05) is 30.3 Å². The minimum atomic E-state index is -0.0804. The van der Waals surface area contributed by atoms with Crippen LogP contribution in [0.4, 0.5) is 5.69 Å². The average molecular weight is 405 g/mol. The second kappa shape index (κ2) is 8.32. The SMILES string of the molecule is Cc1cccc(NC(=O)CN2CCN(C(=O)c3oc4ccccc4c3C)CC2)c1C. The highest BCUT2D eigenvalue weighted by Gasteiger charge is 2.27. The standard InChI is InChI=1S/C24H27N3O3/c1-16-7-6-9-20(17(16)2)25-22(28)15-26-11-13-27(14-12-26)24(29)23-18(3)19-8-4-5-10-21(19)30-23/h4-10H,11-15H2,1-3H3,(H,25,28). The highest BCUT2D eigenvalue weighted by Crippen LogP contribution is 2.26. The van der Waals surface area contributed by atoms with E-state index < -0.39 is 0 Å². The van der Waals surface area contributed by atoms with Gasteiger partial charge in [0.1, 0.15) is 5.58 Å². The molecule has 6 heteroatoms. The van der Waals surface area contributed by atoms with Crippen LogP contribution in [0, 0.1) is 20.8 Å². The molecule has 1 N–H and O–H groups in total. The molecule has 6 nitrogen and oxygen atoms in total. The van der Waals surface area contributed by atoms with E-state index in [1.807, 2.05) is 68.1 Å². The van der Waals surface area contributed by atoms with Crippen LogP contribution in [0.25, 0.3) is 11.0 Å². The molecule has 0 aliphatic carbocycles. The summed E-state index contributed by atoms with van der Waals surface area (Å²) in [6.45, 7) is 8.75. The number of aryl methyl sites for hydroxylation is 2. The average Bonchev–Trinajstić information content (AvgIpc) is 3.08. The molecular weight excluding hydrogens is 378 g/mol. The highest BCUT2D eigenvalue weighted by atomic mass is 16.3. The molecule has 0 spiro atoms. The van der Waals surface area contributed by atoms with Gasteiger partial charge < -0.3 is 14.6 Å². The van der Waals surface area contributed by atoms with Crippen molar-refractivity contribution in [2.45, 2.75) is 20.8 Å². The molecule has 2 heterocycles. The van der Waals surface area contributed by atoms with Crippen molar-refractivity contribution in [3.05, 3.63) is 64.9 Å². The van der Waals surface area contributed by atoms with E-state index in [2.05, 4.69) is 10.2 Å². The summed E-state index contributed by atoms with van der Waals surface area (Å²) in [5.41, 5.74) is 4.71. The van der Waals surface area contributed by atoms with Crippen LogP contribution in [0.1, 0.15) is 27.2 Å². The first kappa shape index (κ1) is 20.2. The molecule has 0 saturated carbocycles. The van der Waals surface area contributed by atoms with Gasteiger partial charge in [0.25, 0.3) is 5.91 Å². The van der Waals surface area contributed by atoms with E-state index >= 15 is 0 Å². The van der Waals surface area contributed by atoms with E-state index in [0.29, 0.717) is 38.5 Å². The number of amides is 2. The maximum Gasteiger partial charge on any atom is 0.289 e. The molecular formula is C24H27N3O3.